The van der Waals surface area contributed by atoms with Crippen molar-refractivity contribution < 1.29 is 31.7 Å². The van der Waals surface area contributed by atoms with Crippen LogP contribution in [0.4, 0.5) is 33.3 Å². The SMILES string of the molecule is O=C(NNc1ccc(C(F)(F)F)cc1[N+](=O)[O-])c1cccnc1SC(F)F. The molecule has 0 unspecified atom stereocenters. The number of nitrogens with zero attached hydrogens (tertiary/aromatic N) is 2. The Morgan fingerprint density at radius 1 is 1.26 bits per heavy atom. The number of thioether (sulfide) groups is 1. The highest BCUT2D eigenvalue weighted by Gasteiger charge is 2.33. The quantitative estimate of drug-likeness (QED) is 0.324. The lowest BCUT2D eigenvalue weighted by molar-refractivity contribution is -0.384. The highest BCUT2D eigenvalue weighted by atomic mass is 32.2. The number of anilines is 1. The molecule has 0 saturated carbocycles. The molecule has 0 aliphatic rings. The Balaban J connectivity index is 2.22. The molecule has 2 aromatic rings. The van der Waals surface area contributed by atoms with Crippen LogP contribution in [0.25, 0.3) is 0 Å². The van der Waals surface area contributed by atoms with E-state index in [4.69, 9.17) is 0 Å². The number of hydrogen-bond donors (Lipinski definition) is 2. The molecular weight excluding hydrogens is 399 g/mol. The van der Waals surface area contributed by atoms with Gasteiger partial charge in [0.05, 0.1) is 16.1 Å². The van der Waals surface area contributed by atoms with E-state index in [1.165, 1.54) is 18.3 Å². The summed E-state index contributed by atoms with van der Waals surface area (Å²) in [5.41, 5.74) is 1.29. The number of benzene rings is 1. The standard InChI is InChI=1S/C14H9F5N4O3S/c15-13(16)27-12-8(2-1-5-20-12)11(24)22-21-9-4-3-7(14(17,18)19)6-10(9)23(25)26/h1-6,13,21H,(H,22,24). The molecule has 27 heavy (non-hydrogen) atoms. The summed E-state index contributed by atoms with van der Waals surface area (Å²) in [7, 11) is 0. The maximum Gasteiger partial charge on any atom is 0.416 e. The van der Waals surface area contributed by atoms with Crippen LogP contribution in [-0.4, -0.2) is 21.6 Å². The highest BCUT2D eigenvalue weighted by Crippen LogP contribution is 2.34. The third-order valence-corrected chi connectivity index (χ3v) is 3.78. The molecule has 0 radical (unpaired) electrons. The van der Waals surface area contributed by atoms with Crippen molar-refractivity contribution in [1.82, 2.24) is 10.4 Å². The minimum absolute atomic E-state index is 0.0215. The fraction of sp³-hybridized carbons (Fsp3) is 0.143. The molecule has 0 aliphatic heterocycles. The van der Waals surface area contributed by atoms with Crippen LogP contribution in [0.15, 0.2) is 41.6 Å². The molecule has 7 nitrogen and oxygen atoms in total. The molecule has 13 heteroatoms. The molecule has 1 aromatic carbocycles. The van der Waals surface area contributed by atoms with Crippen molar-refractivity contribution in [2.24, 2.45) is 0 Å². The van der Waals surface area contributed by atoms with Crippen LogP contribution in [0, 0.1) is 10.1 Å². The number of nitro benzene ring substituents is 1. The number of carbonyl (C=O) groups excluding carboxylic acids is 1. The van der Waals surface area contributed by atoms with Gasteiger partial charge in [0.25, 0.3) is 17.4 Å². The van der Waals surface area contributed by atoms with E-state index in [0.717, 1.165) is 6.07 Å². The first kappa shape index (κ1) is 20.4. The summed E-state index contributed by atoms with van der Waals surface area (Å²) in [4.78, 5) is 25.7. The Bertz CT molecular complexity index is 863. The third kappa shape index (κ3) is 5.26. The highest BCUT2D eigenvalue weighted by molar-refractivity contribution is 7.99. The number of amides is 1. The summed E-state index contributed by atoms with van der Waals surface area (Å²) in [6.07, 6.45) is -3.60. The first-order valence-electron chi connectivity index (χ1n) is 6.91. The van der Waals surface area contributed by atoms with Gasteiger partial charge in [-0.2, -0.15) is 22.0 Å². The second-order valence-corrected chi connectivity index (χ2v) is 5.78. The average molecular weight is 408 g/mol. The van der Waals surface area contributed by atoms with Gasteiger partial charge in [-0.15, -0.1) is 0 Å². The molecule has 2 rings (SSSR count). The monoisotopic (exact) mass is 408 g/mol. The van der Waals surface area contributed by atoms with E-state index in [9.17, 15) is 36.9 Å². The van der Waals surface area contributed by atoms with E-state index in [1.54, 1.807) is 0 Å². The van der Waals surface area contributed by atoms with Crippen molar-refractivity contribution in [3.05, 3.63) is 57.8 Å². The summed E-state index contributed by atoms with van der Waals surface area (Å²) in [6, 6.07) is 4.15. The zero-order valence-corrected chi connectivity index (χ0v) is 13.8. The number of alkyl halides is 5. The molecule has 0 atom stereocenters. The van der Waals surface area contributed by atoms with Gasteiger partial charge >= 0.3 is 6.18 Å². The van der Waals surface area contributed by atoms with Crippen LogP contribution in [-0.2, 0) is 6.18 Å². The predicted molar refractivity (Wildman–Crippen MR) is 85.3 cm³/mol. The smallest absolute Gasteiger partial charge is 0.292 e. The summed E-state index contributed by atoms with van der Waals surface area (Å²) in [6.45, 7) is 0. The molecule has 1 aromatic heterocycles. The Hall–Kier alpha value is -2.96. The number of halogens is 5. The zero-order valence-electron chi connectivity index (χ0n) is 13.0. The molecule has 0 fully saturated rings. The number of pyridine rings is 1. The van der Waals surface area contributed by atoms with Crippen LogP contribution in [0.5, 0.6) is 0 Å². The van der Waals surface area contributed by atoms with Crippen molar-refractivity contribution in [3.63, 3.8) is 0 Å². The van der Waals surface area contributed by atoms with E-state index in [0.29, 0.717) is 12.1 Å². The number of nitro groups is 1. The van der Waals surface area contributed by atoms with Gasteiger partial charge in [-0.3, -0.25) is 25.8 Å². The summed E-state index contributed by atoms with van der Waals surface area (Å²) in [5, 5.41) is 10.7. The number of nitrogens with one attached hydrogen (secondary N) is 2. The van der Waals surface area contributed by atoms with Crippen molar-refractivity contribution in [2.75, 3.05) is 5.43 Å². The van der Waals surface area contributed by atoms with Gasteiger partial charge < -0.3 is 0 Å². The van der Waals surface area contributed by atoms with E-state index in [1.807, 2.05) is 5.43 Å². The number of carbonyl (C=O) groups is 1. The van der Waals surface area contributed by atoms with Gasteiger partial charge in [0.2, 0.25) is 0 Å². The van der Waals surface area contributed by atoms with Crippen molar-refractivity contribution in [1.29, 1.82) is 0 Å². The minimum Gasteiger partial charge on any atom is -0.292 e. The normalized spacial score (nSPS) is 11.3. The molecular formula is C14H9F5N4O3S. The Morgan fingerprint density at radius 2 is 1.96 bits per heavy atom. The van der Waals surface area contributed by atoms with Crippen molar-refractivity contribution >= 4 is 29.0 Å². The summed E-state index contributed by atoms with van der Waals surface area (Å²) < 4.78 is 63.0. The first-order chi connectivity index (χ1) is 12.6. The zero-order chi connectivity index (χ0) is 20.2. The van der Waals surface area contributed by atoms with Gasteiger partial charge in [0, 0.05) is 12.3 Å². The molecule has 2 N–H and O–H groups in total. The largest absolute Gasteiger partial charge is 0.416 e. The van der Waals surface area contributed by atoms with Gasteiger partial charge in [-0.25, -0.2) is 4.98 Å². The van der Waals surface area contributed by atoms with E-state index in [-0.39, 0.29) is 22.4 Å². The third-order valence-electron chi connectivity index (χ3n) is 3.05. The molecule has 144 valence electrons. The second-order valence-electron chi connectivity index (χ2n) is 4.80. The van der Waals surface area contributed by atoms with Crippen molar-refractivity contribution in [2.45, 2.75) is 17.0 Å². The van der Waals surface area contributed by atoms with Gasteiger partial charge in [-0.05, 0) is 36.0 Å². The van der Waals surface area contributed by atoms with Gasteiger partial charge in [-0.1, -0.05) is 0 Å². The van der Waals surface area contributed by atoms with Crippen LogP contribution < -0.4 is 10.9 Å². The van der Waals surface area contributed by atoms with E-state index in [2.05, 4.69) is 10.4 Å². The molecule has 1 amide bonds. The number of aromatic nitrogens is 1. The van der Waals surface area contributed by atoms with Crippen LogP contribution >= 0.6 is 11.8 Å². The topological polar surface area (TPSA) is 97.2 Å². The predicted octanol–water partition coefficient (Wildman–Crippen LogP) is 4.08. The Morgan fingerprint density at radius 3 is 2.56 bits per heavy atom. The lowest BCUT2D eigenvalue weighted by atomic mass is 10.1. The fourth-order valence-corrected chi connectivity index (χ4v) is 2.48. The second kappa shape index (κ2) is 8.16. The Kier molecular flexibility index (Phi) is 6.15. The Labute approximate surface area is 152 Å². The first-order valence-corrected chi connectivity index (χ1v) is 7.79. The fourth-order valence-electron chi connectivity index (χ4n) is 1.90. The molecule has 0 aliphatic carbocycles. The number of hydrogen-bond acceptors (Lipinski definition) is 6. The van der Waals surface area contributed by atoms with Crippen LogP contribution in [0.2, 0.25) is 0 Å². The summed E-state index contributed by atoms with van der Waals surface area (Å²) >= 11 is 0.0215. The maximum absolute atomic E-state index is 12.7. The molecule has 0 saturated heterocycles. The van der Waals surface area contributed by atoms with E-state index < -0.39 is 39.7 Å². The molecule has 0 spiro atoms. The molecule has 1 heterocycles. The van der Waals surface area contributed by atoms with Crippen molar-refractivity contribution in [3.8, 4) is 0 Å². The van der Waals surface area contributed by atoms with Gasteiger partial charge in [0.1, 0.15) is 10.7 Å². The molecule has 0 bridgehead atoms. The number of rotatable bonds is 6. The lowest BCUT2D eigenvalue weighted by Crippen LogP contribution is -2.30. The maximum atomic E-state index is 12.7. The van der Waals surface area contributed by atoms with Crippen LogP contribution in [0.3, 0.4) is 0 Å². The number of hydrazine groups is 1. The lowest BCUT2D eigenvalue weighted by Gasteiger charge is -2.12. The summed E-state index contributed by atoms with van der Waals surface area (Å²) in [5.74, 6) is -3.80. The van der Waals surface area contributed by atoms with Gasteiger partial charge in [0.15, 0.2) is 0 Å². The minimum atomic E-state index is -4.79. The van der Waals surface area contributed by atoms with E-state index >= 15 is 0 Å². The van der Waals surface area contributed by atoms with Crippen LogP contribution in [0.1, 0.15) is 15.9 Å². The average Bonchev–Trinajstić information content (AvgIpc) is 2.58.